The van der Waals surface area contributed by atoms with Crippen LogP contribution in [0.15, 0.2) is 17.5 Å². The summed E-state index contributed by atoms with van der Waals surface area (Å²) in [4.78, 5) is 9.54. The third-order valence-electron chi connectivity index (χ3n) is 2.52. The van der Waals surface area contributed by atoms with Crippen LogP contribution >= 0.6 is 11.3 Å². The zero-order chi connectivity index (χ0) is 12.3. The van der Waals surface area contributed by atoms with Crippen molar-refractivity contribution in [2.24, 2.45) is 0 Å². The van der Waals surface area contributed by atoms with E-state index in [4.69, 9.17) is 5.73 Å². The van der Waals surface area contributed by atoms with E-state index in [1.807, 2.05) is 13.0 Å². The van der Waals surface area contributed by atoms with Crippen LogP contribution in [0.4, 0.5) is 11.8 Å². The van der Waals surface area contributed by atoms with E-state index in [0.717, 1.165) is 24.5 Å². The number of nitrogens with one attached hydrogen (secondary N) is 1. The van der Waals surface area contributed by atoms with Crippen LogP contribution < -0.4 is 11.1 Å². The van der Waals surface area contributed by atoms with Crippen molar-refractivity contribution >= 4 is 23.1 Å². The first-order valence-corrected chi connectivity index (χ1v) is 6.47. The minimum Gasteiger partial charge on any atom is -0.368 e. The number of rotatable bonds is 4. The maximum absolute atomic E-state index is 5.60. The Morgan fingerprint density at radius 3 is 2.94 bits per heavy atom. The summed E-state index contributed by atoms with van der Waals surface area (Å²) in [6, 6.07) is 4.07. The predicted molar refractivity (Wildman–Crippen MR) is 72.2 cm³/mol. The second-order valence-corrected chi connectivity index (χ2v) is 4.83. The average molecular weight is 248 g/mol. The third-order valence-corrected chi connectivity index (χ3v) is 3.48. The molecule has 0 radical (unpaired) electrons. The molecule has 0 spiro atoms. The average Bonchev–Trinajstić information content (AvgIpc) is 2.72. The summed E-state index contributed by atoms with van der Waals surface area (Å²) < 4.78 is 0. The molecular weight excluding hydrogens is 232 g/mol. The summed E-state index contributed by atoms with van der Waals surface area (Å²) in [5.41, 5.74) is 7.87. The number of nitrogen functional groups attached to an aromatic ring is 1. The van der Waals surface area contributed by atoms with Crippen molar-refractivity contribution in [1.82, 2.24) is 9.97 Å². The van der Waals surface area contributed by atoms with E-state index in [0.29, 0.717) is 5.95 Å². The Bertz CT molecular complexity index is 487. The van der Waals surface area contributed by atoms with Crippen LogP contribution in [-0.2, 0) is 13.0 Å². The minimum atomic E-state index is 0.314. The van der Waals surface area contributed by atoms with Crippen molar-refractivity contribution in [3.8, 4) is 0 Å². The molecule has 0 bridgehead atoms. The van der Waals surface area contributed by atoms with Crippen LogP contribution in [-0.4, -0.2) is 9.97 Å². The quantitative estimate of drug-likeness (QED) is 0.873. The Kier molecular flexibility index (Phi) is 3.58. The number of hydrogen-bond donors (Lipinski definition) is 2. The molecule has 0 amide bonds. The molecule has 2 aromatic rings. The van der Waals surface area contributed by atoms with Gasteiger partial charge in [-0.05, 0) is 30.4 Å². The molecule has 0 unspecified atom stereocenters. The lowest BCUT2D eigenvalue weighted by atomic mass is 10.2. The molecular formula is C12H16N4S. The summed E-state index contributed by atoms with van der Waals surface area (Å²) in [5, 5.41) is 5.40. The molecule has 2 aromatic heterocycles. The van der Waals surface area contributed by atoms with Crippen LogP contribution in [0, 0.1) is 6.92 Å². The number of nitrogens with zero attached hydrogens (tertiary/aromatic N) is 2. The molecule has 4 nitrogen and oxygen atoms in total. The highest BCUT2D eigenvalue weighted by atomic mass is 32.1. The van der Waals surface area contributed by atoms with Crippen LogP contribution in [0.5, 0.6) is 0 Å². The Morgan fingerprint density at radius 1 is 1.41 bits per heavy atom. The number of thiophene rings is 1. The third kappa shape index (κ3) is 2.94. The summed E-state index contributed by atoms with van der Waals surface area (Å²) in [5.74, 6) is 1.10. The molecule has 0 aliphatic carbocycles. The first-order valence-electron chi connectivity index (χ1n) is 5.59. The first-order chi connectivity index (χ1) is 8.19. The van der Waals surface area contributed by atoms with Gasteiger partial charge in [0.25, 0.3) is 0 Å². The van der Waals surface area contributed by atoms with Gasteiger partial charge in [-0.1, -0.05) is 6.92 Å². The van der Waals surface area contributed by atoms with Gasteiger partial charge in [0.15, 0.2) is 0 Å². The van der Waals surface area contributed by atoms with Crippen LogP contribution in [0.2, 0.25) is 0 Å². The van der Waals surface area contributed by atoms with Gasteiger partial charge < -0.3 is 11.1 Å². The zero-order valence-electron chi connectivity index (χ0n) is 10.0. The van der Waals surface area contributed by atoms with Gasteiger partial charge in [-0.25, -0.2) is 4.98 Å². The second kappa shape index (κ2) is 5.14. The maximum Gasteiger partial charge on any atom is 0.222 e. The van der Waals surface area contributed by atoms with Crippen molar-refractivity contribution in [1.29, 1.82) is 0 Å². The van der Waals surface area contributed by atoms with Gasteiger partial charge in [-0.2, -0.15) is 4.98 Å². The van der Waals surface area contributed by atoms with Crippen LogP contribution in [0.3, 0.4) is 0 Å². The fraction of sp³-hybridized carbons (Fsp3) is 0.333. The van der Waals surface area contributed by atoms with Crippen LogP contribution in [0.25, 0.3) is 0 Å². The van der Waals surface area contributed by atoms with E-state index in [1.165, 1.54) is 10.4 Å². The van der Waals surface area contributed by atoms with E-state index in [2.05, 4.69) is 33.7 Å². The van der Waals surface area contributed by atoms with Gasteiger partial charge >= 0.3 is 0 Å². The first kappa shape index (κ1) is 11.9. The van der Waals surface area contributed by atoms with Crippen molar-refractivity contribution in [2.75, 3.05) is 11.1 Å². The van der Waals surface area contributed by atoms with Gasteiger partial charge in [0.05, 0.1) is 6.54 Å². The predicted octanol–water partition coefficient (Wildman–Crippen LogP) is 2.60. The molecule has 0 aliphatic rings. The number of anilines is 2. The lowest BCUT2D eigenvalue weighted by Gasteiger charge is -2.07. The van der Waals surface area contributed by atoms with E-state index >= 15 is 0 Å². The highest BCUT2D eigenvalue weighted by molar-refractivity contribution is 7.10. The van der Waals surface area contributed by atoms with Gasteiger partial charge in [0.2, 0.25) is 5.95 Å². The molecule has 2 rings (SSSR count). The largest absolute Gasteiger partial charge is 0.368 e. The van der Waals surface area contributed by atoms with Gasteiger partial charge in [-0.3, -0.25) is 0 Å². The number of hydrogen-bond acceptors (Lipinski definition) is 5. The van der Waals surface area contributed by atoms with Crippen LogP contribution in [0.1, 0.15) is 23.1 Å². The summed E-state index contributed by atoms with van der Waals surface area (Å²) >= 11 is 1.76. The Balaban J connectivity index is 2.07. The van der Waals surface area contributed by atoms with Crippen molar-refractivity contribution in [2.45, 2.75) is 26.8 Å². The molecule has 0 aliphatic heterocycles. The van der Waals surface area contributed by atoms with Crippen molar-refractivity contribution in [3.05, 3.63) is 33.6 Å². The molecule has 0 atom stereocenters. The molecule has 0 fully saturated rings. The Hall–Kier alpha value is -1.62. The molecule has 0 saturated carbocycles. The fourth-order valence-corrected chi connectivity index (χ4v) is 2.61. The SMILES string of the molecule is CCc1ccsc1CNc1cc(C)nc(N)n1. The van der Waals surface area contributed by atoms with Crippen molar-refractivity contribution < 1.29 is 0 Å². The van der Waals surface area contributed by atoms with E-state index in [-0.39, 0.29) is 0 Å². The standard InChI is InChI=1S/C12H16N4S/c1-3-9-4-5-17-10(9)7-14-11-6-8(2)15-12(13)16-11/h4-6H,3,7H2,1-2H3,(H3,13,14,15,16). The normalized spacial score (nSPS) is 10.5. The Labute approximate surface area is 105 Å². The lowest BCUT2D eigenvalue weighted by molar-refractivity contribution is 1.05. The summed E-state index contributed by atoms with van der Waals surface area (Å²) in [6.45, 7) is 4.86. The molecule has 17 heavy (non-hydrogen) atoms. The summed E-state index contributed by atoms with van der Waals surface area (Å²) in [7, 11) is 0. The number of aryl methyl sites for hydroxylation is 2. The van der Waals surface area contributed by atoms with Crippen molar-refractivity contribution in [3.63, 3.8) is 0 Å². The fourth-order valence-electron chi connectivity index (χ4n) is 1.69. The highest BCUT2D eigenvalue weighted by Crippen LogP contribution is 2.19. The second-order valence-electron chi connectivity index (χ2n) is 3.83. The van der Waals surface area contributed by atoms with Gasteiger partial charge in [-0.15, -0.1) is 11.3 Å². The highest BCUT2D eigenvalue weighted by Gasteiger charge is 2.03. The zero-order valence-corrected chi connectivity index (χ0v) is 10.8. The monoisotopic (exact) mass is 248 g/mol. The number of nitrogens with two attached hydrogens (primary N) is 1. The van der Waals surface area contributed by atoms with E-state index in [1.54, 1.807) is 11.3 Å². The Morgan fingerprint density at radius 2 is 2.24 bits per heavy atom. The molecule has 0 aromatic carbocycles. The maximum atomic E-state index is 5.60. The minimum absolute atomic E-state index is 0.314. The van der Waals surface area contributed by atoms with Gasteiger partial charge in [0, 0.05) is 16.6 Å². The molecule has 3 N–H and O–H groups in total. The molecule has 5 heteroatoms. The van der Waals surface area contributed by atoms with E-state index < -0.39 is 0 Å². The molecule has 90 valence electrons. The lowest BCUT2D eigenvalue weighted by Crippen LogP contribution is -2.05. The smallest absolute Gasteiger partial charge is 0.222 e. The topological polar surface area (TPSA) is 63.8 Å². The summed E-state index contributed by atoms with van der Waals surface area (Å²) in [6.07, 6.45) is 1.06. The van der Waals surface area contributed by atoms with Gasteiger partial charge in [0.1, 0.15) is 5.82 Å². The number of aromatic nitrogens is 2. The van der Waals surface area contributed by atoms with E-state index in [9.17, 15) is 0 Å². The molecule has 2 heterocycles. The molecule has 0 saturated heterocycles.